The van der Waals surface area contributed by atoms with Gasteiger partial charge in [-0.25, -0.2) is 4.39 Å². The van der Waals surface area contributed by atoms with Gasteiger partial charge in [0.05, 0.1) is 11.3 Å². The van der Waals surface area contributed by atoms with Gasteiger partial charge in [-0.2, -0.15) is 0 Å². The fourth-order valence-corrected chi connectivity index (χ4v) is 4.57. The molecule has 2 heterocycles. The van der Waals surface area contributed by atoms with Crippen LogP contribution in [0.5, 0.6) is 0 Å². The van der Waals surface area contributed by atoms with E-state index >= 15 is 0 Å². The van der Waals surface area contributed by atoms with Crippen molar-refractivity contribution < 1.29 is 14.3 Å². The van der Waals surface area contributed by atoms with Gasteiger partial charge in [0.2, 0.25) is 0 Å². The summed E-state index contributed by atoms with van der Waals surface area (Å²) in [5, 5.41) is 9.65. The fraction of sp³-hybridized carbons (Fsp3) is 0.567. The molecule has 2 aliphatic rings. The van der Waals surface area contributed by atoms with E-state index < -0.39 is 5.60 Å². The molecule has 6 heteroatoms. The van der Waals surface area contributed by atoms with Crippen LogP contribution in [0.25, 0.3) is 0 Å². The van der Waals surface area contributed by atoms with Crippen LogP contribution in [-0.4, -0.2) is 64.6 Å². The largest absolute Gasteiger partial charge is 0.386 e. The number of nitrogens with zero attached hydrogens (tertiary/aromatic N) is 3. The van der Waals surface area contributed by atoms with Gasteiger partial charge in [-0.05, 0) is 78.5 Å². The minimum absolute atomic E-state index is 0.0402. The summed E-state index contributed by atoms with van der Waals surface area (Å²) in [6.07, 6.45) is 9.95. The Bertz CT molecular complexity index is 984. The number of halogens is 1. The number of Topliss-reactive ketones (excluding diaryl/α,β-unsaturated/α-hetero) is 1. The van der Waals surface area contributed by atoms with Crippen LogP contribution in [0.3, 0.4) is 0 Å². The Morgan fingerprint density at radius 2 is 1.92 bits per heavy atom. The molecular weight excluding hydrogens is 453 g/mol. The predicted octanol–water partition coefficient (Wildman–Crippen LogP) is 6.10. The molecule has 0 radical (unpaired) electrons. The Labute approximate surface area is 217 Å². The summed E-state index contributed by atoms with van der Waals surface area (Å²) >= 11 is 0. The maximum Gasteiger partial charge on any atom is 0.181 e. The summed E-state index contributed by atoms with van der Waals surface area (Å²) < 4.78 is 15.7. The highest BCUT2D eigenvalue weighted by molar-refractivity contribution is 5.96. The number of likely N-dealkylation sites (N-methyl/N-ethyl adjacent to an activating group) is 1. The highest BCUT2D eigenvalue weighted by atomic mass is 19.1. The number of carbonyl (C=O) groups excluding carboxylic acids is 1. The number of piperidine rings is 1. The number of rotatable bonds is 8. The number of carbonyl (C=O) groups is 1. The fourth-order valence-electron chi connectivity index (χ4n) is 4.57. The minimum Gasteiger partial charge on any atom is -0.386 e. The Morgan fingerprint density at radius 3 is 2.44 bits per heavy atom. The average Bonchev–Trinajstić information content (AvgIpc) is 3.14. The van der Waals surface area contributed by atoms with Crippen molar-refractivity contribution in [3.8, 4) is 0 Å². The summed E-state index contributed by atoms with van der Waals surface area (Å²) in [5.74, 6) is 0.498. The van der Waals surface area contributed by atoms with Crippen molar-refractivity contribution in [1.82, 2.24) is 14.4 Å². The van der Waals surface area contributed by atoms with E-state index in [1.807, 2.05) is 39.1 Å². The van der Waals surface area contributed by atoms with Crippen molar-refractivity contribution in [3.63, 3.8) is 0 Å². The number of ketones is 1. The zero-order valence-corrected chi connectivity index (χ0v) is 23.4. The van der Waals surface area contributed by atoms with Gasteiger partial charge in [-0.1, -0.05) is 38.2 Å². The minimum atomic E-state index is -1.11. The van der Waals surface area contributed by atoms with Gasteiger partial charge in [0.1, 0.15) is 5.83 Å². The van der Waals surface area contributed by atoms with E-state index in [0.29, 0.717) is 11.5 Å². The van der Waals surface area contributed by atoms with Crippen LogP contribution in [0.1, 0.15) is 76.0 Å². The first-order chi connectivity index (χ1) is 16.8. The molecule has 0 amide bonds. The SMILES string of the molecule is C=CN1CCC(c2ccc(C(=O)C(C)C)n2CCN(C)C)CC1.CC1=CC(F)=C(C(C)(C)O)C=CC1. The Morgan fingerprint density at radius 1 is 1.28 bits per heavy atom. The van der Waals surface area contributed by atoms with Gasteiger partial charge in [0.25, 0.3) is 0 Å². The predicted molar refractivity (Wildman–Crippen MR) is 148 cm³/mol. The van der Waals surface area contributed by atoms with Crippen LogP contribution in [0, 0.1) is 5.92 Å². The monoisotopic (exact) mass is 499 g/mol. The van der Waals surface area contributed by atoms with E-state index in [-0.39, 0.29) is 17.5 Å². The third-order valence-corrected chi connectivity index (χ3v) is 6.78. The molecule has 200 valence electrons. The summed E-state index contributed by atoms with van der Waals surface area (Å²) in [7, 11) is 4.16. The maximum absolute atomic E-state index is 13.4. The van der Waals surface area contributed by atoms with Crippen molar-refractivity contribution in [3.05, 3.63) is 71.5 Å². The van der Waals surface area contributed by atoms with Gasteiger partial charge in [0.15, 0.2) is 5.78 Å². The van der Waals surface area contributed by atoms with Crippen molar-refractivity contribution in [2.24, 2.45) is 5.92 Å². The molecule has 36 heavy (non-hydrogen) atoms. The highest BCUT2D eigenvalue weighted by Crippen LogP contribution is 2.30. The van der Waals surface area contributed by atoms with Crippen LogP contribution in [0.2, 0.25) is 0 Å². The van der Waals surface area contributed by atoms with Crippen LogP contribution < -0.4 is 0 Å². The molecule has 0 unspecified atom stereocenters. The molecule has 0 spiro atoms. The molecule has 1 saturated heterocycles. The van der Waals surface area contributed by atoms with E-state index in [1.54, 1.807) is 19.9 Å². The van der Waals surface area contributed by atoms with Crippen LogP contribution in [0.15, 0.2) is 60.1 Å². The molecule has 0 bridgehead atoms. The lowest BCUT2D eigenvalue weighted by atomic mass is 9.93. The van der Waals surface area contributed by atoms with E-state index in [2.05, 4.69) is 41.1 Å². The Hall–Kier alpha value is -2.44. The van der Waals surface area contributed by atoms with Crippen molar-refractivity contribution >= 4 is 5.78 Å². The van der Waals surface area contributed by atoms with Gasteiger partial charge in [0, 0.05) is 49.3 Å². The molecule has 1 aliphatic heterocycles. The summed E-state index contributed by atoms with van der Waals surface area (Å²) in [5.41, 5.74) is 2.42. The lowest BCUT2D eigenvalue weighted by Crippen LogP contribution is -2.30. The highest BCUT2D eigenvalue weighted by Gasteiger charge is 2.25. The quantitative estimate of drug-likeness (QED) is 0.439. The van der Waals surface area contributed by atoms with Crippen molar-refractivity contribution in [1.29, 1.82) is 0 Å². The second-order valence-electron chi connectivity index (χ2n) is 11.0. The number of likely N-dealkylation sites (tertiary alicyclic amines) is 1. The first kappa shape index (κ1) is 29.8. The molecule has 0 saturated carbocycles. The standard InChI is InChI=1S/C19H31N3O.C11H15FO/c1-6-21-11-9-16(10-12-21)17-7-8-18(19(23)15(2)3)22(17)14-13-20(4)5;1-8-5-4-6-9(10(12)7-8)11(2,3)13/h6-8,15-16H,1,9-14H2,2-5H3;4,6-7,13H,5H2,1-3H3. The second-order valence-corrected chi connectivity index (χ2v) is 11.0. The van der Waals surface area contributed by atoms with Gasteiger partial charge in [-0.3, -0.25) is 4.79 Å². The number of aromatic nitrogens is 1. The molecule has 1 fully saturated rings. The third-order valence-electron chi connectivity index (χ3n) is 6.78. The molecule has 1 N–H and O–H groups in total. The first-order valence-electron chi connectivity index (χ1n) is 13.1. The normalized spacial score (nSPS) is 17.2. The molecule has 1 aliphatic carbocycles. The number of hydrogen-bond acceptors (Lipinski definition) is 4. The number of allylic oxidation sites excluding steroid dienone is 4. The maximum atomic E-state index is 13.4. The first-order valence-corrected chi connectivity index (χ1v) is 13.1. The zero-order chi connectivity index (χ0) is 27.0. The molecule has 1 aromatic heterocycles. The van der Waals surface area contributed by atoms with Crippen LogP contribution in [0.4, 0.5) is 4.39 Å². The summed E-state index contributed by atoms with van der Waals surface area (Å²) in [4.78, 5) is 17.0. The molecule has 3 rings (SSSR count). The van der Waals surface area contributed by atoms with E-state index in [4.69, 9.17) is 0 Å². The van der Waals surface area contributed by atoms with Crippen LogP contribution >= 0.6 is 0 Å². The van der Waals surface area contributed by atoms with Crippen molar-refractivity contribution in [2.75, 3.05) is 33.7 Å². The topological polar surface area (TPSA) is 48.7 Å². The Kier molecular flexibility index (Phi) is 10.9. The number of aliphatic hydroxyl groups is 1. The summed E-state index contributed by atoms with van der Waals surface area (Å²) in [6, 6.07) is 4.21. The van der Waals surface area contributed by atoms with Gasteiger partial charge in [-0.15, -0.1) is 0 Å². The lowest BCUT2D eigenvalue weighted by Gasteiger charge is -2.32. The second kappa shape index (κ2) is 13.2. The molecular formula is C30H46FN3O2. The van der Waals surface area contributed by atoms with Crippen molar-refractivity contribution in [2.45, 2.75) is 71.9 Å². The molecule has 5 nitrogen and oxygen atoms in total. The summed E-state index contributed by atoms with van der Waals surface area (Å²) in [6.45, 7) is 16.8. The molecule has 0 aromatic carbocycles. The van der Waals surface area contributed by atoms with E-state index in [9.17, 15) is 14.3 Å². The molecule has 1 aromatic rings. The Balaban J connectivity index is 0.000000297. The van der Waals surface area contributed by atoms with E-state index in [0.717, 1.165) is 56.7 Å². The van der Waals surface area contributed by atoms with Crippen LogP contribution in [-0.2, 0) is 6.54 Å². The van der Waals surface area contributed by atoms with E-state index in [1.165, 1.54) is 11.8 Å². The average molecular weight is 500 g/mol. The van der Waals surface area contributed by atoms with Gasteiger partial charge >= 0.3 is 0 Å². The smallest absolute Gasteiger partial charge is 0.181 e. The number of hydrogen-bond donors (Lipinski definition) is 1. The third kappa shape index (κ3) is 8.31. The zero-order valence-electron chi connectivity index (χ0n) is 23.4. The lowest BCUT2D eigenvalue weighted by molar-refractivity contribution is 0.0928. The molecule has 0 atom stereocenters. The van der Waals surface area contributed by atoms with Gasteiger partial charge < -0.3 is 19.5 Å².